The molecule has 1 aromatic carbocycles. The maximum atomic E-state index is 5.54. The van der Waals surface area contributed by atoms with E-state index in [4.69, 9.17) is 4.74 Å². The van der Waals surface area contributed by atoms with Crippen LogP contribution >= 0.6 is 11.8 Å². The Morgan fingerprint density at radius 3 is 3.08 bits per heavy atom. The van der Waals surface area contributed by atoms with Crippen LogP contribution in [0.25, 0.3) is 0 Å². The summed E-state index contributed by atoms with van der Waals surface area (Å²) in [5, 5.41) is 0. The van der Waals surface area contributed by atoms with Crippen LogP contribution in [0.1, 0.15) is 18.4 Å². The number of ether oxygens (including phenoxy) is 1. The van der Waals surface area contributed by atoms with Crippen molar-refractivity contribution in [2.45, 2.75) is 17.7 Å². The van der Waals surface area contributed by atoms with Gasteiger partial charge in [0, 0.05) is 16.4 Å². The molecule has 64 valence electrons. The second-order valence-electron chi connectivity index (χ2n) is 3.12. The summed E-state index contributed by atoms with van der Waals surface area (Å²) in [7, 11) is 0. The number of thioether (sulfide) groups is 1. The zero-order chi connectivity index (χ0) is 8.55. The van der Waals surface area contributed by atoms with Crippen LogP contribution in [0.3, 0.4) is 0 Å². The van der Waals surface area contributed by atoms with Crippen LogP contribution in [0.4, 0.5) is 0 Å². The van der Waals surface area contributed by atoms with Gasteiger partial charge >= 0.3 is 0 Å². The smallest absolute Gasteiger partial charge is 0.124 e. The first kappa shape index (κ1) is 7.99. The maximum Gasteiger partial charge on any atom is 0.124 e. The minimum Gasteiger partial charge on any atom is -0.493 e. The van der Waals surface area contributed by atoms with Gasteiger partial charge in [0.05, 0.1) is 6.61 Å². The zero-order valence-electron chi connectivity index (χ0n) is 7.33. The van der Waals surface area contributed by atoms with Gasteiger partial charge in [-0.15, -0.1) is 11.8 Å². The third-order valence-corrected chi connectivity index (χ3v) is 2.97. The molecule has 12 heavy (non-hydrogen) atoms. The summed E-state index contributed by atoms with van der Waals surface area (Å²) in [6.45, 7) is 3.04. The van der Waals surface area contributed by atoms with Crippen molar-refractivity contribution in [3.63, 3.8) is 0 Å². The molecule has 0 spiro atoms. The van der Waals surface area contributed by atoms with Gasteiger partial charge in [0.2, 0.25) is 0 Å². The second-order valence-corrected chi connectivity index (χ2v) is 4.00. The van der Waals surface area contributed by atoms with Crippen molar-refractivity contribution in [1.82, 2.24) is 0 Å². The summed E-state index contributed by atoms with van der Waals surface area (Å²) < 4.78 is 5.54. The van der Waals surface area contributed by atoms with Gasteiger partial charge in [0.25, 0.3) is 0 Å². The molecule has 0 amide bonds. The first-order valence-corrected chi connectivity index (χ1v) is 5.34. The van der Waals surface area contributed by atoms with Gasteiger partial charge < -0.3 is 4.74 Å². The summed E-state index contributed by atoms with van der Waals surface area (Å²) in [5.41, 5.74) is 1.35. The molecule has 2 heteroatoms. The molecule has 0 saturated carbocycles. The van der Waals surface area contributed by atoms with Crippen LogP contribution in [0.2, 0.25) is 0 Å². The number of benzene rings is 1. The van der Waals surface area contributed by atoms with Crippen molar-refractivity contribution in [2.75, 3.05) is 12.9 Å². The lowest BCUT2D eigenvalue weighted by atomic mass is 10.0. The topological polar surface area (TPSA) is 9.23 Å². The van der Waals surface area contributed by atoms with Crippen LogP contribution < -0.4 is 4.74 Å². The van der Waals surface area contributed by atoms with Crippen LogP contribution in [0.15, 0.2) is 23.1 Å². The van der Waals surface area contributed by atoms with E-state index in [1.807, 2.05) is 0 Å². The Hall–Kier alpha value is -0.630. The van der Waals surface area contributed by atoms with Crippen LogP contribution in [0, 0.1) is 0 Å². The average molecular weight is 180 g/mol. The summed E-state index contributed by atoms with van der Waals surface area (Å²) in [4.78, 5) is 1.28. The van der Waals surface area contributed by atoms with E-state index in [0.717, 1.165) is 12.4 Å². The highest BCUT2D eigenvalue weighted by Crippen LogP contribution is 2.35. The van der Waals surface area contributed by atoms with E-state index >= 15 is 0 Å². The Morgan fingerprint density at radius 1 is 1.50 bits per heavy atom. The van der Waals surface area contributed by atoms with E-state index < -0.39 is 0 Å². The van der Waals surface area contributed by atoms with Crippen LogP contribution in [0.5, 0.6) is 5.75 Å². The van der Waals surface area contributed by atoms with Crippen molar-refractivity contribution in [3.8, 4) is 5.75 Å². The molecule has 1 aliphatic rings. The predicted octanol–water partition coefficient (Wildman–Crippen LogP) is 2.90. The van der Waals surface area contributed by atoms with Gasteiger partial charge in [-0.3, -0.25) is 0 Å². The van der Waals surface area contributed by atoms with Crippen molar-refractivity contribution in [3.05, 3.63) is 23.8 Å². The normalized spacial score (nSPS) is 20.3. The molecule has 1 heterocycles. The number of fused-ring (bicyclic) bond motifs is 1. The molecule has 0 N–H and O–H groups in total. The van der Waals surface area contributed by atoms with Gasteiger partial charge in [-0.2, -0.15) is 0 Å². The Labute approximate surface area is 77.1 Å². The first-order valence-electron chi connectivity index (χ1n) is 4.12. The maximum absolute atomic E-state index is 5.54. The van der Waals surface area contributed by atoms with E-state index in [-0.39, 0.29) is 0 Å². The van der Waals surface area contributed by atoms with Gasteiger partial charge in [-0.1, -0.05) is 13.0 Å². The molecule has 1 unspecified atom stereocenters. The molecule has 1 aliphatic heterocycles. The zero-order valence-corrected chi connectivity index (χ0v) is 8.15. The van der Waals surface area contributed by atoms with Gasteiger partial charge in [0.15, 0.2) is 0 Å². The summed E-state index contributed by atoms with van der Waals surface area (Å²) in [5.74, 6) is 1.64. The highest BCUT2D eigenvalue weighted by atomic mass is 32.2. The fraction of sp³-hybridized carbons (Fsp3) is 0.400. The van der Waals surface area contributed by atoms with Crippen molar-refractivity contribution in [2.24, 2.45) is 0 Å². The molecule has 1 nitrogen and oxygen atoms in total. The molecule has 1 atom stereocenters. The largest absolute Gasteiger partial charge is 0.493 e. The van der Waals surface area contributed by atoms with Crippen LogP contribution in [-0.2, 0) is 0 Å². The highest BCUT2D eigenvalue weighted by Gasteiger charge is 2.19. The van der Waals surface area contributed by atoms with E-state index in [0.29, 0.717) is 5.92 Å². The number of rotatable bonds is 1. The lowest BCUT2D eigenvalue weighted by Crippen LogP contribution is -1.93. The number of hydrogen-bond donors (Lipinski definition) is 0. The quantitative estimate of drug-likeness (QED) is 0.614. The summed E-state index contributed by atoms with van der Waals surface area (Å²) in [6.07, 6.45) is 2.08. The molecular weight excluding hydrogens is 168 g/mol. The second kappa shape index (κ2) is 3.02. The predicted molar refractivity (Wildman–Crippen MR) is 52.1 cm³/mol. The summed E-state index contributed by atoms with van der Waals surface area (Å²) in [6, 6.07) is 6.47. The van der Waals surface area contributed by atoms with E-state index in [9.17, 15) is 0 Å². The lowest BCUT2D eigenvalue weighted by molar-refractivity contribution is 0.337. The van der Waals surface area contributed by atoms with Crippen molar-refractivity contribution >= 4 is 11.8 Å². The number of hydrogen-bond acceptors (Lipinski definition) is 2. The molecule has 1 aromatic rings. The SMILES string of the molecule is CSc1ccc2c(c1)OCC2C. The molecule has 0 aromatic heterocycles. The van der Waals surface area contributed by atoms with Gasteiger partial charge in [0.1, 0.15) is 5.75 Å². The van der Waals surface area contributed by atoms with Gasteiger partial charge in [-0.05, 0) is 18.4 Å². The molecule has 0 bridgehead atoms. The molecule has 0 fully saturated rings. The third-order valence-electron chi connectivity index (χ3n) is 2.24. The van der Waals surface area contributed by atoms with E-state index in [1.165, 1.54) is 10.5 Å². The monoisotopic (exact) mass is 180 g/mol. The minimum absolute atomic E-state index is 0.566. The van der Waals surface area contributed by atoms with Crippen molar-refractivity contribution < 1.29 is 4.74 Å². The van der Waals surface area contributed by atoms with Crippen LogP contribution in [-0.4, -0.2) is 12.9 Å². The Morgan fingerprint density at radius 2 is 2.33 bits per heavy atom. The molecule has 2 rings (SSSR count). The Kier molecular flexibility index (Phi) is 2.01. The Balaban J connectivity index is 2.41. The fourth-order valence-corrected chi connectivity index (χ4v) is 1.91. The van der Waals surface area contributed by atoms with Crippen molar-refractivity contribution in [1.29, 1.82) is 0 Å². The third kappa shape index (κ3) is 1.20. The Bertz CT molecular complexity index is 296. The van der Waals surface area contributed by atoms with Gasteiger partial charge in [-0.25, -0.2) is 0 Å². The molecular formula is C10H12OS. The van der Waals surface area contributed by atoms with E-state index in [1.54, 1.807) is 11.8 Å². The lowest BCUT2D eigenvalue weighted by Gasteiger charge is -2.01. The summed E-state index contributed by atoms with van der Waals surface area (Å²) >= 11 is 1.76. The average Bonchev–Trinajstić information content (AvgIpc) is 2.47. The first-order chi connectivity index (χ1) is 5.81. The molecule has 0 aliphatic carbocycles. The standard InChI is InChI=1S/C10H12OS/c1-7-6-11-10-5-8(12-2)3-4-9(7)10/h3-5,7H,6H2,1-2H3. The van der Waals surface area contributed by atoms with E-state index in [2.05, 4.69) is 31.4 Å². The minimum atomic E-state index is 0.566. The molecule has 0 radical (unpaired) electrons. The fourth-order valence-electron chi connectivity index (χ4n) is 1.48. The molecule has 0 saturated heterocycles. The highest BCUT2D eigenvalue weighted by molar-refractivity contribution is 7.98.